The summed E-state index contributed by atoms with van der Waals surface area (Å²) in [5.74, 6) is 0.218. The van der Waals surface area contributed by atoms with Crippen molar-refractivity contribution in [2.75, 3.05) is 6.61 Å². The van der Waals surface area contributed by atoms with Crippen molar-refractivity contribution in [1.82, 2.24) is 0 Å². The van der Waals surface area contributed by atoms with E-state index in [0.717, 1.165) is 12.8 Å². The molecule has 2 aliphatic carbocycles. The molecule has 1 aromatic rings. The Morgan fingerprint density at radius 3 is 3.11 bits per heavy atom. The van der Waals surface area contributed by atoms with Crippen molar-refractivity contribution >= 4 is 12.0 Å². The predicted molar refractivity (Wildman–Crippen MR) is 71.1 cm³/mol. The minimum atomic E-state index is 0.218. The van der Waals surface area contributed by atoms with E-state index >= 15 is 0 Å². The first-order valence-corrected chi connectivity index (χ1v) is 6.46. The van der Waals surface area contributed by atoms with Crippen LogP contribution in [0.25, 0.3) is 5.57 Å². The van der Waals surface area contributed by atoms with Crippen LogP contribution in [0, 0.1) is 0 Å². The molecule has 2 heteroatoms. The second kappa shape index (κ2) is 4.81. The average molecular weight is 240 g/mol. The van der Waals surface area contributed by atoms with E-state index in [1.165, 1.54) is 28.7 Å². The normalized spacial score (nSPS) is 21.2. The summed E-state index contributed by atoms with van der Waals surface area (Å²) in [7, 11) is 0. The topological polar surface area (TPSA) is 26.3 Å². The number of ether oxygens (including phenoxy) is 1. The number of rotatable bonds is 3. The third-order valence-electron chi connectivity index (χ3n) is 3.81. The number of benzene rings is 1. The summed E-state index contributed by atoms with van der Waals surface area (Å²) in [5, 5.41) is 0. The molecule has 0 bridgehead atoms. The van der Waals surface area contributed by atoms with Gasteiger partial charge >= 0.3 is 0 Å². The Hall–Kier alpha value is -1.83. The monoisotopic (exact) mass is 240 g/mol. The van der Waals surface area contributed by atoms with Gasteiger partial charge in [-0.1, -0.05) is 36.4 Å². The lowest BCUT2D eigenvalue weighted by Crippen LogP contribution is -2.06. The zero-order valence-electron chi connectivity index (χ0n) is 10.3. The van der Waals surface area contributed by atoms with Crippen molar-refractivity contribution in [2.24, 2.45) is 0 Å². The number of hydrogen-bond acceptors (Lipinski definition) is 2. The molecule has 18 heavy (non-hydrogen) atoms. The number of hydrogen-bond donors (Lipinski definition) is 0. The maximum atomic E-state index is 10.4. The third-order valence-corrected chi connectivity index (χ3v) is 3.81. The van der Waals surface area contributed by atoms with Crippen molar-refractivity contribution in [3.05, 3.63) is 53.1 Å². The highest BCUT2D eigenvalue weighted by atomic mass is 16.5. The number of carbonyl (C=O) groups excluding carboxylic acids is 1. The van der Waals surface area contributed by atoms with Crippen molar-refractivity contribution in [1.29, 1.82) is 0 Å². The van der Waals surface area contributed by atoms with Crippen molar-refractivity contribution in [3.8, 4) is 0 Å². The number of carbonyl (C=O) groups is 1. The molecule has 1 unspecified atom stereocenters. The summed E-state index contributed by atoms with van der Waals surface area (Å²) in [4.78, 5) is 10.4. The Labute approximate surface area is 107 Å². The van der Waals surface area contributed by atoms with Crippen molar-refractivity contribution < 1.29 is 9.53 Å². The molecule has 92 valence electrons. The van der Waals surface area contributed by atoms with Gasteiger partial charge in [-0.05, 0) is 41.5 Å². The second-order valence-corrected chi connectivity index (χ2v) is 4.80. The van der Waals surface area contributed by atoms with E-state index < -0.39 is 0 Å². The fourth-order valence-corrected chi connectivity index (χ4v) is 3.03. The highest BCUT2D eigenvalue weighted by Crippen LogP contribution is 2.45. The molecule has 0 aromatic heterocycles. The Morgan fingerprint density at radius 1 is 1.33 bits per heavy atom. The fraction of sp³-hybridized carbons (Fsp3) is 0.312. The van der Waals surface area contributed by atoms with Crippen molar-refractivity contribution in [2.45, 2.75) is 25.2 Å². The first-order chi connectivity index (χ1) is 8.92. The molecule has 0 amide bonds. The van der Waals surface area contributed by atoms with Crippen LogP contribution in [0.2, 0.25) is 0 Å². The van der Waals surface area contributed by atoms with Gasteiger partial charge in [0.1, 0.15) is 6.61 Å². The first-order valence-electron chi connectivity index (χ1n) is 6.46. The van der Waals surface area contributed by atoms with Gasteiger partial charge in [0.25, 0.3) is 6.47 Å². The maximum Gasteiger partial charge on any atom is 0.293 e. The maximum absolute atomic E-state index is 10.4. The van der Waals surface area contributed by atoms with Gasteiger partial charge in [-0.25, -0.2) is 0 Å². The molecule has 0 saturated carbocycles. The van der Waals surface area contributed by atoms with Gasteiger partial charge in [0.2, 0.25) is 0 Å². The number of allylic oxidation sites excluding steroid dienone is 3. The van der Waals surface area contributed by atoms with Crippen LogP contribution in [-0.4, -0.2) is 13.1 Å². The Kier molecular flexibility index (Phi) is 3.01. The average Bonchev–Trinajstić information content (AvgIpc) is 2.56. The van der Waals surface area contributed by atoms with E-state index in [4.69, 9.17) is 4.74 Å². The van der Waals surface area contributed by atoms with Gasteiger partial charge in [-0.15, -0.1) is 0 Å². The quantitative estimate of drug-likeness (QED) is 0.756. The summed E-state index contributed by atoms with van der Waals surface area (Å²) in [6, 6.07) is 8.48. The van der Waals surface area contributed by atoms with Crippen LogP contribution in [0.3, 0.4) is 0 Å². The van der Waals surface area contributed by atoms with Crippen LogP contribution in [0.5, 0.6) is 0 Å². The lowest BCUT2D eigenvalue weighted by atomic mass is 9.96. The summed E-state index contributed by atoms with van der Waals surface area (Å²) < 4.78 is 5.02. The second-order valence-electron chi connectivity index (χ2n) is 4.80. The molecule has 0 heterocycles. The smallest absolute Gasteiger partial charge is 0.293 e. The zero-order valence-corrected chi connectivity index (χ0v) is 10.3. The molecule has 0 radical (unpaired) electrons. The van der Waals surface area contributed by atoms with Gasteiger partial charge < -0.3 is 4.74 Å². The molecule has 2 aliphatic rings. The Morgan fingerprint density at radius 2 is 2.22 bits per heavy atom. The highest BCUT2D eigenvalue weighted by molar-refractivity contribution is 5.80. The summed E-state index contributed by atoms with van der Waals surface area (Å²) in [6.45, 7) is 0.991. The molecule has 0 N–H and O–H groups in total. The van der Waals surface area contributed by atoms with E-state index in [9.17, 15) is 4.79 Å². The van der Waals surface area contributed by atoms with Crippen molar-refractivity contribution in [3.63, 3.8) is 0 Å². The van der Waals surface area contributed by atoms with Gasteiger partial charge in [0.05, 0.1) is 0 Å². The molecule has 3 rings (SSSR count). The Bertz CT molecular complexity index is 526. The standard InChI is InChI=1S/C16H16O2/c17-11-18-10-16-14-7-3-1-2-6-12(14)13-8-4-5-9-15(13)16/h3-5,7-9,11,16H,1-2,6,10H2. The van der Waals surface area contributed by atoms with Crippen LogP contribution in [0.1, 0.15) is 36.3 Å². The summed E-state index contributed by atoms with van der Waals surface area (Å²) in [5.41, 5.74) is 5.43. The van der Waals surface area contributed by atoms with Crippen LogP contribution >= 0.6 is 0 Å². The lowest BCUT2D eigenvalue weighted by Gasteiger charge is -2.13. The van der Waals surface area contributed by atoms with Crippen LogP contribution in [0.15, 0.2) is 42.0 Å². The number of fused-ring (bicyclic) bond motifs is 2. The SMILES string of the molecule is O=COCC1C2=C(CCCC=C2)c2ccccc21. The van der Waals surface area contributed by atoms with E-state index in [2.05, 4.69) is 36.4 Å². The van der Waals surface area contributed by atoms with Crippen LogP contribution in [-0.2, 0) is 9.53 Å². The fourth-order valence-electron chi connectivity index (χ4n) is 3.03. The van der Waals surface area contributed by atoms with Crippen LogP contribution < -0.4 is 0 Å². The molecule has 2 nitrogen and oxygen atoms in total. The van der Waals surface area contributed by atoms with Gasteiger partial charge in [0, 0.05) is 5.92 Å². The van der Waals surface area contributed by atoms with E-state index in [1.54, 1.807) is 0 Å². The molecule has 0 saturated heterocycles. The van der Waals surface area contributed by atoms with E-state index in [1.807, 2.05) is 0 Å². The molecule has 1 atom stereocenters. The molecule has 1 aromatic carbocycles. The largest absolute Gasteiger partial charge is 0.467 e. The van der Waals surface area contributed by atoms with Gasteiger partial charge in [0.15, 0.2) is 0 Å². The lowest BCUT2D eigenvalue weighted by molar-refractivity contribution is -0.128. The van der Waals surface area contributed by atoms with Gasteiger partial charge in [-0.3, -0.25) is 4.79 Å². The molecular weight excluding hydrogens is 224 g/mol. The molecule has 0 fully saturated rings. The molecule has 0 aliphatic heterocycles. The van der Waals surface area contributed by atoms with E-state index in [0.29, 0.717) is 13.1 Å². The minimum absolute atomic E-state index is 0.218. The van der Waals surface area contributed by atoms with Gasteiger partial charge in [-0.2, -0.15) is 0 Å². The first kappa shape index (κ1) is 11.3. The molecular formula is C16H16O2. The molecule has 0 spiro atoms. The Balaban J connectivity index is 2.05. The summed E-state index contributed by atoms with van der Waals surface area (Å²) in [6.07, 6.45) is 7.92. The van der Waals surface area contributed by atoms with Crippen LogP contribution in [0.4, 0.5) is 0 Å². The third kappa shape index (κ3) is 1.78. The highest BCUT2D eigenvalue weighted by Gasteiger charge is 2.30. The zero-order chi connectivity index (χ0) is 12.4. The minimum Gasteiger partial charge on any atom is -0.467 e. The predicted octanol–water partition coefficient (Wildman–Crippen LogP) is 3.45. The van der Waals surface area contributed by atoms with E-state index in [-0.39, 0.29) is 5.92 Å². The summed E-state index contributed by atoms with van der Waals surface area (Å²) >= 11 is 0.